The van der Waals surface area contributed by atoms with Gasteiger partial charge in [-0.2, -0.15) is 0 Å². The van der Waals surface area contributed by atoms with E-state index in [0.717, 1.165) is 50.9 Å². The number of piperidine rings is 2. The van der Waals surface area contributed by atoms with Crippen molar-refractivity contribution in [3.8, 4) is 11.3 Å². The first-order chi connectivity index (χ1) is 13.7. The predicted molar refractivity (Wildman–Crippen MR) is 107 cm³/mol. The summed E-state index contributed by atoms with van der Waals surface area (Å²) in [4.78, 5) is 35.0. The lowest BCUT2D eigenvalue weighted by molar-refractivity contribution is -0.123. The lowest BCUT2D eigenvalue weighted by Gasteiger charge is -2.35. The van der Waals surface area contributed by atoms with Crippen LogP contribution in [0, 0.1) is 5.92 Å². The van der Waals surface area contributed by atoms with Gasteiger partial charge in [-0.3, -0.25) is 19.1 Å². The molecule has 2 saturated heterocycles. The normalized spacial score (nSPS) is 21.4. The maximum atomic E-state index is 12.5. The van der Waals surface area contributed by atoms with Crippen molar-refractivity contribution in [2.24, 2.45) is 5.92 Å². The van der Waals surface area contributed by atoms with Crippen molar-refractivity contribution in [2.75, 3.05) is 19.6 Å². The zero-order valence-corrected chi connectivity index (χ0v) is 16.1. The summed E-state index contributed by atoms with van der Waals surface area (Å²) in [6.07, 6.45) is 9.97. The van der Waals surface area contributed by atoms with Crippen LogP contribution in [0.25, 0.3) is 11.3 Å². The van der Waals surface area contributed by atoms with Crippen LogP contribution in [0.5, 0.6) is 0 Å². The van der Waals surface area contributed by atoms with Gasteiger partial charge in [0.25, 0.3) is 5.56 Å². The number of rotatable bonds is 5. The zero-order chi connectivity index (χ0) is 19.3. The van der Waals surface area contributed by atoms with E-state index in [0.29, 0.717) is 30.6 Å². The molecule has 0 aromatic carbocycles. The summed E-state index contributed by atoms with van der Waals surface area (Å²) < 4.78 is 1.72. The summed E-state index contributed by atoms with van der Waals surface area (Å²) in [6.45, 7) is 3.70. The van der Waals surface area contributed by atoms with E-state index >= 15 is 0 Å². The number of carbonyl (C=O) groups is 1. The predicted octanol–water partition coefficient (Wildman–Crippen LogP) is 1.69. The molecule has 0 saturated carbocycles. The van der Waals surface area contributed by atoms with Crippen LogP contribution in [0.3, 0.4) is 0 Å². The Morgan fingerprint density at radius 3 is 2.71 bits per heavy atom. The van der Waals surface area contributed by atoms with Gasteiger partial charge in [-0.15, -0.1) is 0 Å². The minimum Gasteiger partial charge on any atom is -0.352 e. The minimum absolute atomic E-state index is 0.0128. The largest absolute Gasteiger partial charge is 0.352 e. The van der Waals surface area contributed by atoms with E-state index in [9.17, 15) is 9.59 Å². The average molecular weight is 381 g/mol. The van der Waals surface area contributed by atoms with Crippen LogP contribution in [-0.4, -0.2) is 51.0 Å². The third kappa shape index (κ3) is 4.65. The highest BCUT2D eigenvalue weighted by Crippen LogP contribution is 2.20. The van der Waals surface area contributed by atoms with E-state index in [4.69, 9.17) is 0 Å². The molecule has 2 aliphatic rings. The summed E-state index contributed by atoms with van der Waals surface area (Å²) in [5, 5.41) is 3.10. The molecule has 2 fully saturated rings. The molecule has 0 radical (unpaired) electrons. The summed E-state index contributed by atoms with van der Waals surface area (Å²) in [6, 6.07) is 5.64. The van der Waals surface area contributed by atoms with Gasteiger partial charge >= 0.3 is 0 Å². The number of aromatic nitrogens is 3. The fourth-order valence-corrected chi connectivity index (χ4v) is 4.19. The van der Waals surface area contributed by atoms with Crippen LogP contribution < -0.4 is 10.9 Å². The Kier molecular flexibility index (Phi) is 5.81. The number of pyridine rings is 1. The van der Waals surface area contributed by atoms with Gasteiger partial charge in [-0.1, -0.05) is 0 Å². The molecule has 0 aliphatic carbocycles. The smallest absolute Gasteiger partial charge is 0.253 e. The molecular formula is C21H27N5O2. The molecule has 4 rings (SSSR count). The molecule has 2 aromatic heterocycles. The fourth-order valence-electron chi connectivity index (χ4n) is 4.19. The lowest BCUT2D eigenvalue weighted by Crippen LogP contribution is -2.48. The van der Waals surface area contributed by atoms with Crippen LogP contribution in [0.4, 0.5) is 0 Å². The van der Waals surface area contributed by atoms with Gasteiger partial charge in [0, 0.05) is 49.6 Å². The summed E-state index contributed by atoms with van der Waals surface area (Å²) in [5.74, 6) is 0.675. The molecule has 2 aromatic rings. The Morgan fingerprint density at radius 2 is 2.00 bits per heavy atom. The number of hydrogen-bond acceptors (Lipinski definition) is 5. The van der Waals surface area contributed by atoms with Gasteiger partial charge in [0.05, 0.1) is 12.0 Å². The Balaban J connectivity index is 1.30. The second-order valence-electron chi connectivity index (χ2n) is 7.91. The monoisotopic (exact) mass is 381 g/mol. The molecule has 1 unspecified atom stereocenters. The highest BCUT2D eigenvalue weighted by Gasteiger charge is 2.24. The molecule has 28 heavy (non-hydrogen) atoms. The van der Waals surface area contributed by atoms with Gasteiger partial charge in [-0.25, -0.2) is 4.98 Å². The standard InChI is InChI=1S/C21H27N5O2/c27-20-5-1-4-18(24-20)14-25-9-6-16(7-10-25)13-26-15-23-19(11-21(26)28)17-3-2-8-22-12-17/h2-3,8,11-12,15-16,18H,1,4-7,9-10,13-14H2,(H,24,27). The maximum absolute atomic E-state index is 12.5. The van der Waals surface area contributed by atoms with Gasteiger partial charge in [0.15, 0.2) is 0 Å². The van der Waals surface area contributed by atoms with Crippen molar-refractivity contribution in [2.45, 2.75) is 44.7 Å². The molecule has 4 heterocycles. The number of hydrogen-bond donors (Lipinski definition) is 1. The third-order valence-electron chi connectivity index (χ3n) is 5.80. The van der Waals surface area contributed by atoms with Crippen LogP contribution in [-0.2, 0) is 11.3 Å². The number of amides is 1. The first kappa shape index (κ1) is 18.8. The quantitative estimate of drug-likeness (QED) is 0.852. The van der Waals surface area contributed by atoms with E-state index in [-0.39, 0.29) is 11.5 Å². The van der Waals surface area contributed by atoms with Crippen molar-refractivity contribution in [1.29, 1.82) is 0 Å². The minimum atomic E-state index is -0.0128. The molecule has 0 bridgehead atoms. The first-order valence-corrected chi connectivity index (χ1v) is 10.2. The van der Waals surface area contributed by atoms with E-state index in [2.05, 4.69) is 20.2 Å². The van der Waals surface area contributed by atoms with Crippen LogP contribution in [0.1, 0.15) is 32.1 Å². The van der Waals surface area contributed by atoms with Crippen LogP contribution in [0.15, 0.2) is 41.7 Å². The highest BCUT2D eigenvalue weighted by molar-refractivity contribution is 5.76. The molecule has 1 atom stereocenters. The SMILES string of the molecule is O=C1CCCC(CN2CCC(Cn3cnc(-c4cccnc4)cc3=O)CC2)N1. The molecule has 2 aliphatic heterocycles. The fraction of sp³-hybridized carbons (Fsp3) is 0.524. The highest BCUT2D eigenvalue weighted by atomic mass is 16.1. The first-order valence-electron chi connectivity index (χ1n) is 10.2. The van der Waals surface area contributed by atoms with Crippen molar-refractivity contribution in [1.82, 2.24) is 24.8 Å². The van der Waals surface area contributed by atoms with Crippen molar-refractivity contribution < 1.29 is 4.79 Å². The van der Waals surface area contributed by atoms with E-state index in [1.165, 1.54) is 0 Å². The summed E-state index contributed by atoms with van der Waals surface area (Å²) in [5.41, 5.74) is 1.51. The van der Waals surface area contributed by atoms with Crippen molar-refractivity contribution >= 4 is 5.91 Å². The Hall–Kier alpha value is -2.54. The topological polar surface area (TPSA) is 80.1 Å². The maximum Gasteiger partial charge on any atom is 0.253 e. The summed E-state index contributed by atoms with van der Waals surface area (Å²) >= 11 is 0. The van der Waals surface area contributed by atoms with Crippen molar-refractivity contribution in [3.63, 3.8) is 0 Å². The van der Waals surface area contributed by atoms with Gasteiger partial charge in [0.1, 0.15) is 0 Å². The van der Waals surface area contributed by atoms with Gasteiger partial charge in [-0.05, 0) is 56.8 Å². The number of carbonyl (C=O) groups excluding carboxylic acids is 1. The molecule has 1 N–H and O–H groups in total. The third-order valence-corrected chi connectivity index (χ3v) is 5.80. The van der Waals surface area contributed by atoms with Gasteiger partial charge < -0.3 is 10.2 Å². The van der Waals surface area contributed by atoms with E-state index in [1.807, 2.05) is 12.1 Å². The second kappa shape index (κ2) is 8.65. The van der Waals surface area contributed by atoms with E-state index < -0.39 is 0 Å². The molecule has 148 valence electrons. The molecular weight excluding hydrogens is 354 g/mol. The summed E-state index contributed by atoms with van der Waals surface area (Å²) in [7, 11) is 0. The average Bonchev–Trinajstić information content (AvgIpc) is 2.72. The molecule has 7 heteroatoms. The molecule has 7 nitrogen and oxygen atoms in total. The Bertz CT molecular complexity index is 859. The van der Waals surface area contributed by atoms with E-state index in [1.54, 1.807) is 29.4 Å². The number of likely N-dealkylation sites (tertiary alicyclic amines) is 1. The number of nitrogens with one attached hydrogen (secondary N) is 1. The Morgan fingerprint density at radius 1 is 1.14 bits per heavy atom. The van der Waals surface area contributed by atoms with Crippen LogP contribution >= 0.6 is 0 Å². The molecule has 1 amide bonds. The van der Waals surface area contributed by atoms with Gasteiger partial charge in [0.2, 0.25) is 5.91 Å². The Labute approximate surface area is 164 Å². The molecule has 0 spiro atoms. The number of nitrogens with zero attached hydrogens (tertiary/aromatic N) is 4. The van der Waals surface area contributed by atoms with Crippen LogP contribution in [0.2, 0.25) is 0 Å². The zero-order valence-electron chi connectivity index (χ0n) is 16.1. The lowest BCUT2D eigenvalue weighted by atomic mass is 9.95. The second-order valence-corrected chi connectivity index (χ2v) is 7.91. The van der Waals surface area contributed by atoms with Crippen molar-refractivity contribution in [3.05, 3.63) is 47.3 Å².